The average molecular weight is 416 g/mol. The number of amides is 1. The van der Waals surface area contributed by atoms with Gasteiger partial charge in [-0.05, 0) is 50.1 Å². The zero-order chi connectivity index (χ0) is 22.0. The van der Waals surface area contributed by atoms with Crippen LogP contribution in [0.4, 0.5) is 4.79 Å². The first-order valence-electron chi connectivity index (χ1n) is 10.0. The number of hydrogen-bond acceptors (Lipinski definition) is 4. The molecule has 0 aliphatic rings. The fourth-order valence-electron chi connectivity index (χ4n) is 3.41. The second-order valence-electron chi connectivity index (χ2n) is 8.23. The smallest absolute Gasteiger partial charge is 0.407 e. The van der Waals surface area contributed by atoms with E-state index in [1.165, 1.54) is 6.33 Å². The highest BCUT2D eigenvalue weighted by Gasteiger charge is 2.17. The lowest BCUT2D eigenvalue weighted by molar-refractivity contribution is 0.0523. The Hall–Kier alpha value is -3.87. The Labute approximate surface area is 179 Å². The number of nitrogens with one attached hydrogen (secondary N) is 2. The van der Waals surface area contributed by atoms with Crippen molar-refractivity contribution in [1.82, 2.24) is 19.9 Å². The molecule has 4 aromatic rings. The van der Waals surface area contributed by atoms with Gasteiger partial charge in [-0.2, -0.15) is 0 Å². The standard InChI is InChI=1S/C24H24N4O3/c1-24(2,3)31-23(30)25-13-16-8-7-9-17(12-16)19-14-28(18-10-5-4-6-11-18)21-20(19)22(29)27-15-26-21/h4-12,14-15H,13H2,1-3H3,(H,25,30)(H,26,27,29). The zero-order valence-corrected chi connectivity index (χ0v) is 17.7. The summed E-state index contributed by atoms with van der Waals surface area (Å²) < 4.78 is 7.20. The van der Waals surface area contributed by atoms with Crippen molar-refractivity contribution in [3.05, 3.63) is 83.0 Å². The molecule has 0 aliphatic heterocycles. The molecule has 0 fully saturated rings. The SMILES string of the molecule is CC(C)(C)OC(=O)NCc1cccc(-c2cn(-c3ccccc3)c3nc[nH]c(=O)c23)c1. The molecule has 0 radical (unpaired) electrons. The molecule has 0 unspecified atom stereocenters. The van der Waals surface area contributed by atoms with Gasteiger partial charge < -0.3 is 19.6 Å². The predicted molar refractivity (Wildman–Crippen MR) is 120 cm³/mol. The van der Waals surface area contributed by atoms with Crippen LogP contribution < -0.4 is 10.9 Å². The van der Waals surface area contributed by atoms with Gasteiger partial charge in [-0.3, -0.25) is 4.79 Å². The summed E-state index contributed by atoms with van der Waals surface area (Å²) in [5.74, 6) is 0. The van der Waals surface area contributed by atoms with Gasteiger partial charge in [0.15, 0.2) is 5.65 Å². The van der Waals surface area contributed by atoms with Crippen molar-refractivity contribution in [2.45, 2.75) is 32.9 Å². The zero-order valence-electron chi connectivity index (χ0n) is 17.7. The number of hydrogen-bond donors (Lipinski definition) is 2. The molecule has 0 aliphatic carbocycles. The second-order valence-corrected chi connectivity index (χ2v) is 8.23. The highest BCUT2D eigenvalue weighted by molar-refractivity contribution is 5.94. The molecular formula is C24H24N4O3. The number of benzene rings is 2. The summed E-state index contributed by atoms with van der Waals surface area (Å²) >= 11 is 0. The fourth-order valence-corrected chi connectivity index (χ4v) is 3.41. The Balaban J connectivity index is 1.71. The highest BCUT2D eigenvalue weighted by atomic mass is 16.6. The van der Waals surface area contributed by atoms with Crippen molar-refractivity contribution in [2.75, 3.05) is 0 Å². The van der Waals surface area contributed by atoms with Crippen molar-refractivity contribution in [2.24, 2.45) is 0 Å². The third kappa shape index (κ3) is 4.50. The van der Waals surface area contributed by atoms with Gasteiger partial charge in [-0.1, -0.05) is 36.4 Å². The van der Waals surface area contributed by atoms with Crippen LogP contribution in [0.3, 0.4) is 0 Å². The molecule has 0 atom stereocenters. The normalized spacial score (nSPS) is 11.5. The van der Waals surface area contributed by atoms with E-state index in [4.69, 9.17) is 4.74 Å². The maximum absolute atomic E-state index is 12.7. The van der Waals surface area contributed by atoms with Crippen molar-refractivity contribution in [3.8, 4) is 16.8 Å². The van der Waals surface area contributed by atoms with Gasteiger partial charge in [0.05, 0.1) is 11.7 Å². The van der Waals surface area contributed by atoms with Crippen LogP contribution in [0, 0.1) is 0 Å². The number of aromatic nitrogens is 3. The van der Waals surface area contributed by atoms with Crippen molar-refractivity contribution >= 4 is 17.1 Å². The van der Waals surface area contributed by atoms with Crippen molar-refractivity contribution < 1.29 is 9.53 Å². The third-order valence-corrected chi connectivity index (χ3v) is 4.70. The van der Waals surface area contributed by atoms with Crippen molar-refractivity contribution in [1.29, 1.82) is 0 Å². The molecule has 2 N–H and O–H groups in total. The van der Waals surface area contributed by atoms with Crippen LogP contribution in [0.2, 0.25) is 0 Å². The summed E-state index contributed by atoms with van der Waals surface area (Å²) in [4.78, 5) is 31.7. The topological polar surface area (TPSA) is 89.0 Å². The van der Waals surface area contributed by atoms with Gasteiger partial charge in [-0.25, -0.2) is 9.78 Å². The van der Waals surface area contributed by atoms with E-state index in [1.807, 2.05) is 86.1 Å². The van der Waals surface area contributed by atoms with E-state index in [0.717, 1.165) is 22.4 Å². The molecule has 0 bridgehead atoms. The van der Waals surface area contributed by atoms with Gasteiger partial charge in [0.1, 0.15) is 5.60 Å². The van der Waals surface area contributed by atoms with Gasteiger partial charge >= 0.3 is 6.09 Å². The number of carbonyl (C=O) groups excluding carboxylic acids is 1. The minimum atomic E-state index is -0.556. The molecule has 0 saturated heterocycles. The number of ether oxygens (including phenoxy) is 1. The lowest BCUT2D eigenvalue weighted by Crippen LogP contribution is -2.32. The largest absolute Gasteiger partial charge is 0.444 e. The molecule has 158 valence electrons. The molecule has 2 aromatic carbocycles. The van der Waals surface area contributed by atoms with E-state index in [9.17, 15) is 9.59 Å². The van der Waals surface area contributed by atoms with E-state index in [1.54, 1.807) is 0 Å². The monoisotopic (exact) mass is 416 g/mol. The number of aromatic amines is 1. The molecule has 7 heteroatoms. The molecule has 31 heavy (non-hydrogen) atoms. The molecule has 1 amide bonds. The average Bonchev–Trinajstić information content (AvgIpc) is 3.13. The number of rotatable bonds is 4. The molecular weight excluding hydrogens is 392 g/mol. The molecule has 0 spiro atoms. The lowest BCUT2D eigenvalue weighted by atomic mass is 10.0. The highest BCUT2D eigenvalue weighted by Crippen LogP contribution is 2.30. The van der Waals surface area contributed by atoms with Crippen LogP contribution in [0.5, 0.6) is 0 Å². The van der Waals surface area contributed by atoms with E-state index >= 15 is 0 Å². The maximum atomic E-state index is 12.7. The van der Waals surface area contributed by atoms with E-state index in [0.29, 0.717) is 17.6 Å². The predicted octanol–water partition coefficient (Wildman–Crippen LogP) is 4.41. The quantitative estimate of drug-likeness (QED) is 0.516. The summed E-state index contributed by atoms with van der Waals surface area (Å²) in [6.45, 7) is 5.78. The summed E-state index contributed by atoms with van der Waals surface area (Å²) in [5.41, 5.74) is 3.27. The van der Waals surface area contributed by atoms with Gasteiger partial charge in [0, 0.05) is 24.0 Å². The Morgan fingerprint density at radius 3 is 2.65 bits per heavy atom. The van der Waals surface area contributed by atoms with Gasteiger partial charge in [0.25, 0.3) is 5.56 Å². The maximum Gasteiger partial charge on any atom is 0.407 e. The molecule has 4 rings (SSSR count). The van der Waals surface area contributed by atoms with E-state index in [2.05, 4.69) is 15.3 Å². The minimum Gasteiger partial charge on any atom is -0.444 e. The Morgan fingerprint density at radius 2 is 1.90 bits per heavy atom. The number of alkyl carbamates (subject to hydrolysis) is 1. The summed E-state index contributed by atoms with van der Waals surface area (Å²) in [7, 11) is 0. The van der Waals surface area contributed by atoms with Crippen LogP contribution in [-0.2, 0) is 11.3 Å². The number of fused-ring (bicyclic) bond motifs is 1. The van der Waals surface area contributed by atoms with Crippen LogP contribution in [0.1, 0.15) is 26.3 Å². The summed E-state index contributed by atoms with van der Waals surface area (Å²) in [6, 6.07) is 17.5. The Morgan fingerprint density at radius 1 is 1.13 bits per heavy atom. The molecule has 0 saturated carbocycles. The molecule has 7 nitrogen and oxygen atoms in total. The Bertz CT molecular complexity index is 1280. The van der Waals surface area contributed by atoms with E-state index in [-0.39, 0.29) is 5.56 Å². The number of nitrogens with zero attached hydrogens (tertiary/aromatic N) is 2. The summed E-state index contributed by atoms with van der Waals surface area (Å²) in [5, 5.41) is 3.28. The minimum absolute atomic E-state index is 0.202. The summed E-state index contributed by atoms with van der Waals surface area (Å²) in [6.07, 6.45) is 2.86. The first-order valence-corrected chi connectivity index (χ1v) is 10.0. The van der Waals surface area contributed by atoms with Crippen LogP contribution in [0.25, 0.3) is 27.8 Å². The van der Waals surface area contributed by atoms with Gasteiger partial charge in [-0.15, -0.1) is 0 Å². The fraction of sp³-hybridized carbons (Fsp3) is 0.208. The number of H-pyrrole nitrogens is 1. The first kappa shape index (κ1) is 20.4. The van der Waals surface area contributed by atoms with E-state index < -0.39 is 11.7 Å². The van der Waals surface area contributed by atoms with Crippen LogP contribution in [0.15, 0.2) is 71.9 Å². The van der Waals surface area contributed by atoms with Gasteiger partial charge in [0.2, 0.25) is 0 Å². The Kier molecular flexibility index (Phi) is 5.33. The number of carbonyl (C=O) groups is 1. The first-order chi connectivity index (χ1) is 14.8. The van der Waals surface area contributed by atoms with Crippen LogP contribution in [-0.4, -0.2) is 26.2 Å². The molecule has 2 aromatic heterocycles. The van der Waals surface area contributed by atoms with Crippen molar-refractivity contribution in [3.63, 3.8) is 0 Å². The second kappa shape index (κ2) is 8.10. The third-order valence-electron chi connectivity index (χ3n) is 4.70. The lowest BCUT2D eigenvalue weighted by Gasteiger charge is -2.19. The van der Waals surface area contributed by atoms with Crippen LogP contribution >= 0.6 is 0 Å². The molecule has 2 heterocycles. The number of para-hydroxylation sites is 1.